The average Bonchev–Trinajstić information content (AvgIpc) is 1.68. The number of aliphatic hydroxyl groups is 3. The van der Waals surface area contributed by atoms with Gasteiger partial charge in [0.05, 0.1) is 182 Å². The van der Waals surface area contributed by atoms with E-state index in [2.05, 4.69) is 108 Å². The number of aliphatic imine (C=N–C) groups is 5. The summed E-state index contributed by atoms with van der Waals surface area (Å²) in [6.07, 6.45) is 24.2. The number of hydrogen-bond acceptors (Lipinski definition) is 32. The summed E-state index contributed by atoms with van der Waals surface area (Å²) < 4.78 is 0. The second-order valence-electron chi connectivity index (χ2n) is 35.5. The SMILES string of the molecule is Cc1cc(C2=NCc3nc(N4CCC(C)(CN)CC4)cnc32)c(Cl)cn1.Cc1cccc(Cl)c1C1=NCc2nc(N3CCC(N)(CO)CC3)cnc21.Cc1nccc(C2=NCc3nc(N4CCC(C)(N)CC4)cnc32)c1Cl.Cc1nccc(C2=NCc3nc(N4CCC(N)(CO)CC4)cnc32)c1Cl.Cc1nccc(C2=NCc3nc(N4CCC(O)(CN)CC4)cnc32)c1Cl. The van der Waals surface area contributed by atoms with Gasteiger partial charge < -0.3 is 68.5 Å². The van der Waals surface area contributed by atoms with Gasteiger partial charge >= 0.3 is 0 Å². The number of hydrogen-bond donors (Lipinski definition) is 8. The van der Waals surface area contributed by atoms with E-state index in [1.54, 1.807) is 43.4 Å². The summed E-state index contributed by atoms with van der Waals surface area (Å²) in [5, 5.41) is 32.2. The Morgan fingerprint density at radius 1 is 0.364 bits per heavy atom. The van der Waals surface area contributed by atoms with Crippen molar-refractivity contribution in [1.82, 2.24) is 69.8 Å². The smallest absolute Gasteiger partial charge is 0.147 e. The van der Waals surface area contributed by atoms with Gasteiger partial charge in [0.15, 0.2) is 0 Å². The lowest BCUT2D eigenvalue weighted by Gasteiger charge is -2.39. The molecule has 0 radical (unpaired) electrons. The van der Waals surface area contributed by atoms with Gasteiger partial charge in [-0.3, -0.25) is 44.9 Å². The number of nitrogens with two attached hydrogens (primary N) is 5. The third kappa shape index (κ3) is 20.0. The lowest BCUT2D eigenvalue weighted by atomic mass is 9.80. The Morgan fingerprint density at radius 3 is 1.02 bits per heavy atom. The number of halogens is 5. The molecule has 5 fully saturated rings. The van der Waals surface area contributed by atoms with E-state index < -0.39 is 16.7 Å². The van der Waals surface area contributed by atoms with Crippen molar-refractivity contribution in [1.29, 1.82) is 0 Å². The monoisotopic (exact) mass is 1840 g/mol. The Morgan fingerprint density at radius 2 is 0.682 bits per heavy atom. The van der Waals surface area contributed by atoms with Crippen molar-refractivity contribution in [3.05, 3.63) is 236 Å². The summed E-state index contributed by atoms with van der Waals surface area (Å²) in [5.74, 6) is 4.32. The van der Waals surface area contributed by atoms with Crippen molar-refractivity contribution < 1.29 is 15.3 Å². The van der Waals surface area contributed by atoms with Gasteiger partial charge in [0, 0.05) is 147 Å². The molecule has 0 amide bonds. The van der Waals surface area contributed by atoms with Gasteiger partial charge in [-0.1, -0.05) is 77.1 Å². The molecule has 0 atom stereocenters. The van der Waals surface area contributed by atoms with E-state index >= 15 is 0 Å². The lowest BCUT2D eigenvalue weighted by molar-refractivity contribution is 0.0248. The fourth-order valence-corrected chi connectivity index (χ4v) is 18.3. The second kappa shape index (κ2) is 38.6. The Labute approximate surface area is 775 Å². The van der Waals surface area contributed by atoms with Crippen LogP contribution in [0.25, 0.3) is 0 Å². The highest BCUT2D eigenvalue weighted by Gasteiger charge is 2.39. The minimum absolute atomic E-state index is 0.0139. The summed E-state index contributed by atoms with van der Waals surface area (Å²) in [6, 6.07) is 13.4. The second-order valence-corrected chi connectivity index (χ2v) is 37.5. The standard InChI is InChI=1S/C19H23ClN6.C19H22ClN5O.2C18H21ClN6O.C18H21ClN6/c1-12-7-13(14(20)8-22-12)17-18-15(9-23-17)25-16(10-24-18)26-5-3-19(2,11-21)4-6-26;1-12-3-2-4-13(20)16(12)18-17-14(9-22-18)24-15(10-23-17)25-7-5-19(21,11-26)6-8-25;1-11-15(19)12(2-5-21-11)16-17-13(8-22-16)24-14(9-23-17)25-6-3-18(20,10-26)4-7-25;1-11-15(19)12(2-5-21-11)16-17-13(8-22-16)24-14(9-23-17)25-6-3-18(26,10-20)4-7-25;1-11-15(19)12(3-6-21-11)16-17-13(9-22-16)24-14(10-23-17)25-7-4-18(2,20)5-8-25/h7-8,10H,3-6,9,11,21H2,1-2H3;2-4,10,26H,5-9,11,21H2,1H3;2*2,5,9,26H,3-4,6-8,10,20H2,1H3;3,6,10H,4-5,7-9,20H2,1-2H3. The number of piperidine rings is 5. The first-order valence-electron chi connectivity index (χ1n) is 43.7. The molecule has 9 aromatic heterocycles. The van der Waals surface area contributed by atoms with Crippen LogP contribution in [0.3, 0.4) is 0 Å². The molecule has 0 unspecified atom stereocenters. The zero-order valence-electron chi connectivity index (χ0n) is 73.6. The number of rotatable bonds is 14. The molecule has 19 heterocycles. The van der Waals surface area contributed by atoms with Crippen LogP contribution in [0.1, 0.15) is 191 Å². The highest BCUT2D eigenvalue weighted by atomic mass is 35.5. The van der Waals surface area contributed by atoms with Crippen LogP contribution in [-0.4, -0.2) is 228 Å². The molecule has 20 rings (SSSR count). The van der Waals surface area contributed by atoms with Gasteiger partial charge in [-0.25, -0.2) is 49.8 Å². The summed E-state index contributed by atoms with van der Waals surface area (Å²) in [6.45, 7) is 25.8. The Hall–Kier alpha value is -10.3. The number of fused-ring (bicyclic) bond motifs is 5. The summed E-state index contributed by atoms with van der Waals surface area (Å²) in [7, 11) is 0. The summed E-state index contributed by atoms with van der Waals surface area (Å²) >= 11 is 31.9. The zero-order valence-corrected chi connectivity index (χ0v) is 77.4. The normalized spacial score (nSPS) is 18.7. The molecule has 0 spiro atoms. The van der Waals surface area contributed by atoms with Gasteiger partial charge in [0.1, 0.15) is 57.6 Å². The van der Waals surface area contributed by atoms with Crippen molar-refractivity contribution in [2.75, 3.05) is 116 Å². The molecule has 0 aliphatic carbocycles. The number of aliphatic hydroxyl groups excluding tert-OH is 2. The Bertz CT molecular complexity index is 5730. The first-order valence-corrected chi connectivity index (χ1v) is 45.6. The number of aryl methyl sites for hydroxylation is 5. The van der Waals surface area contributed by atoms with Crippen LogP contribution < -0.4 is 53.2 Å². The van der Waals surface area contributed by atoms with Gasteiger partial charge in [0.2, 0.25) is 0 Å². The topological polar surface area (TPSA) is 449 Å². The number of nitrogens with zero attached hydrogens (tertiary/aromatic N) is 24. The Kier molecular flexibility index (Phi) is 27.5. The molecule has 1 aromatic carbocycles. The predicted octanol–water partition coefficient (Wildman–Crippen LogP) is 10.3. The number of pyridine rings is 4. The van der Waals surface area contributed by atoms with Crippen molar-refractivity contribution in [3.8, 4) is 0 Å². The van der Waals surface area contributed by atoms with E-state index in [9.17, 15) is 15.3 Å². The van der Waals surface area contributed by atoms with Crippen molar-refractivity contribution >= 4 is 116 Å². The maximum absolute atomic E-state index is 10.3. The van der Waals surface area contributed by atoms with Crippen LogP contribution in [0.4, 0.5) is 29.1 Å². The number of benzene rings is 1. The molecule has 13 N–H and O–H groups in total. The minimum Gasteiger partial charge on any atom is -0.394 e. The molecule has 10 aromatic rings. The molecule has 37 heteroatoms. The van der Waals surface area contributed by atoms with Crippen molar-refractivity contribution in [2.24, 2.45) is 59.0 Å². The molecule has 0 bridgehead atoms. The molecular formula is C92H108Cl5N29O3. The average molecular weight is 1850 g/mol. The fraction of sp³-hybridized carbons (Fsp3) is 0.446. The first-order chi connectivity index (χ1) is 61.9. The van der Waals surface area contributed by atoms with E-state index in [0.29, 0.717) is 90.3 Å². The maximum atomic E-state index is 10.3. The highest BCUT2D eigenvalue weighted by molar-refractivity contribution is 6.38. The lowest BCUT2D eigenvalue weighted by Crippen LogP contribution is -2.53. The number of aromatic nitrogens is 14. The third-order valence-electron chi connectivity index (χ3n) is 26.1. The molecule has 129 heavy (non-hydrogen) atoms. The quantitative estimate of drug-likeness (QED) is 0.0501. The summed E-state index contributed by atoms with van der Waals surface area (Å²) in [5.41, 5.74) is 49.6. The number of anilines is 5. The maximum Gasteiger partial charge on any atom is 0.147 e. The molecule has 0 saturated carbocycles. The van der Waals surface area contributed by atoms with E-state index in [4.69, 9.17) is 112 Å². The molecule has 10 aliphatic rings. The van der Waals surface area contributed by atoms with Crippen LogP contribution in [0, 0.1) is 40.0 Å². The van der Waals surface area contributed by atoms with E-state index in [-0.39, 0.29) is 24.2 Å². The van der Waals surface area contributed by atoms with Gasteiger partial charge in [0.25, 0.3) is 0 Å². The van der Waals surface area contributed by atoms with Crippen molar-refractivity contribution in [2.45, 2.75) is 168 Å². The minimum atomic E-state index is -0.757. The highest BCUT2D eigenvalue weighted by Crippen LogP contribution is 2.38. The van der Waals surface area contributed by atoms with Crippen LogP contribution in [0.5, 0.6) is 0 Å². The molecular weight excluding hydrogens is 1740 g/mol. The van der Waals surface area contributed by atoms with Gasteiger partial charge in [-0.2, -0.15) is 0 Å². The van der Waals surface area contributed by atoms with Crippen LogP contribution in [-0.2, 0) is 32.7 Å². The predicted molar refractivity (Wildman–Crippen MR) is 508 cm³/mol. The molecule has 32 nitrogen and oxygen atoms in total. The van der Waals surface area contributed by atoms with E-state index in [1.807, 2.05) is 89.5 Å². The molecule has 10 aliphatic heterocycles. The molecule has 5 saturated heterocycles. The van der Waals surface area contributed by atoms with E-state index in [0.717, 1.165) is 281 Å². The van der Waals surface area contributed by atoms with Crippen molar-refractivity contribution in [3.63, 3.8) is 0 Å². The third-order valence-corrected chi connectivity index (χ3v) is 28.1. The Balaban J connectivity index is 0.000000118. The van der Waals surface area contributed by atoms with Gasteiger partial charge in [-0.05, 0) is 154 Å². The molecule has 674 valence electrons. The largest absolute Gasteiger partial charge is 0.394 e. The fourth-order valence-electron chi connectivity index (χ4n) is 17.2. The van der Waals surface area contributed by atoms with Crippen LogP contribution >= 0.6 is 58.0 Å². The van der Waals surface area contributed by atoms with E-state index in [1.165, 1.54) is 0 Å². The van der Waals surface area contributed by atoms with Crippen LogP contribution in [0.15, 0.2) is 123 Å². The summed E-state index contributed by atoms with van der Waals surface area (Å²) in [4.78, 5) is 98.2. The van der Waals surface area contributed by atoms with Gasteiger partial charge in [-0.15, -0.1) is 0 Å². The first kappa shape index (κ1) is 92.0. The van der Waals surface area contributed by atoms with Crippen LogP contribution in [0.2, 0.25) is 25.1 Å². The zero-order chi connectivity index (χ0) is 90.8.